The standard InChI is InChI=1S/C13H15N7O2/c1-17(6-2-7-18-8-5-14-10-18)12-4-3-11-15-9-13(20(21)22)19(11)16-12/h3-5,8-10H,2,6-7H2,1H3. The van der Waals surface area contributed by atoms with Gasteiger partial charge in [-0.2, -0.15) is 0 Å². The fraction of sp³-hybridized carbons (Fsp3) is 0.308. The van der Waals surface area contributed by atoms with Crippen LogP contribution in [0.25, 0.3) is 5.65 Å². The maximum absolute atomic E-state index is 10.9. The SMILES string of the molecule is CN(CCCn1ccnc1)c1ccc2ncc([N+](=O)[O-])n2n1. The van der Waals surface area contributed by atoms with Crippen molar-refractivity contribution in [3.05, 3.63) is 47.2 Å². The Balaban J connectivity index is 1.71. The molecule has 0 spiro atoms. The van der Waals surface area contributed by atoms with Crippen LogP contribution in [0, 0.1) is 10.1 Å². The third-order valence-electron chi connectivity index (χ3n) is 3.38. The molecular weight excluding hydrogens is 286 g/mol. The molecule has 0 aliphatic heterocycles. The Morgan fingerprint density at radius 2 is 2.27 bits per heavy atom. The van der Waals surface area contributed by atoms with Gasteiger partial charge in [-0.3, -0.25) is 0 Å². The van der Waals surface area contributed by atoms with E-state index in [0.717, 1.165) is 19.5 Å². The van der Waals surface area contributed by atoms with Crippen molar-refractivity contribution in [3.63, 3.8) is 0 Å². The summed E-state index contributed by atoms with van der Waals surface area (Å²) in [5.41, 5.74) is 0.460. The molecule has 9 nitrogen and oxygen atoms in total. The first-order chi connectivity index (χ1) is 10.6. The first-order valence-electron chi connectivity index (χ1n) is 6.81. The van der Waals surface area contributed by atoms with Crippen LogP contribution in [0.4, 0.5) is 11.6 Å². The summed E-state index contributed by atoms with van der Waals surface area (Å²) in [5, 5.41) is 15.2. The summed E-state index contributed by atoms with van der Waals surface area (Å²) in [6, 6.07) is 3.53. The van der Waals surface area contributed by atoms with Gasteiger partial charge in [-0.25, -0.2) is 9.97 Å². The normalized spacial score (nSPS) is 11.0. The molecule has 22 heavy (non-hydrogen) atoms. The Morgan fingerprint density at radius 1 is 1.41 bits per heavy atom. The van der Waals surface area contributed by atoms with Crippen LogP contribution in [0.5, 0.6) is 0 Å². The largest absolute Gasteiger partial charge is 0.368 e. The first kappa shape index (κ1) is 14.0. The molecule has 0 amide bonds. The number of nitro groups is 1. The Kier molecular flexibility index (Phi) is 3.69. The van der Waals surface area contributed by atoms with Gasteiger partial charge in [-0.1, -0.05) is 9.61 Å². The van der Waals surface area contributed by atoms with E-state index >= 15 is 0 Å². The van der Waals surface area contributed by atoms with Crippen LogP contribution in [0.1, 0.15) is 6.42 Å². The molecule has 114 valence electrons. The molecule has 0 radical (unpaired) electrons. The topological polar surface area (TPSA) is 94.4 Å². The summed E-state index contributed by atoms with van der Waals surface area (Å²) >= 11 is 0. The van der Waals surface area contributed by atoms with Gasteiger partial charge in [0.1, 0.15) is 6.20 Å². The number of aromatic nitrogens is 5. The van der Waals surface area contributed by atoms with Gasteiger partial charge < -0.3 is 19.6 Å². The van der Waals surface area contributed by atoms with Crippen LogP contribution in [-0.2, 0) is 6.54 Å². The van der Waals surface area contributed by atoms with E-state index in [0.29, 0.717) is 11.5 Å². The minimum atomic E-state index is -0.490. The fourth-order valence-electron chi connectivity index (χ4n) is 2.20. The molecule has 0 aliphatic carbocycles. The van der Waals surface area contributed by atoms with Crippen LogP contribution < -0.4 is 4.90 Å². The zero-order valence-electron chi connectivity index (χ0n) is 12.0. The molecular formula is C13H15N7O2. The minimum absolute atomic E-state index is 0.135. The molecule has 0 fully saturated rings. The Labute approximate surface area is 126 Å². The molecule has 0 saturated carbocycles. The monoisotopic (exact) mass is 301 g/mol. The number of anilines is 1. The van der Waals surface area contributed by atoms with E-state index in [-0.39, 0.29) is 5.82 Å². The smallest absolute Gasteiger partial charge is 0.358 e. The van der Waals surface area contributed by atoms with E-state index < -0.39 is 4.92 Å². The van der Waals surface area contributed by atoms with Gasteiger partial charge >= 0.3 is 5.82 Å². The lowest BCUT2D eigenvalue weighted by atomic mass is 10.3. The van der Waals surface area contributed by atoms with Crippen LogP contribution in [-0.4, -0.2) is 42.7 Å². The zero-order valence-corrected chi connectivity index (χ0v) is 12.0. The average Bonchev–Trinajstić information content (AvgIpc) is 3.15. The van der Waals surface area contributed by atoms with Crippen molar-refractivity contribution in [2.75, 3.05) is 18.5 Å². The highest BCUT2D eigenvalue weighted by atomic mass is 16.6. The lowest BCUT2D eigenvalue weighted by Gasteiger charge is -2.16. The van der Waals surface area contributed by atoms with Gasteiger partial charge in [0.2, 0.25) is 5.65 Å². The maximum atomic E-state index is 10.9. The second-order valence-corrected chi connectivity index (χ2v) is 4.91. The van der Waals surface area contributed by atoms with Crippen LogP contribution >= 0.6 is 0 Å². The van der Waals surface area contributed by atoms with E-state index in [1.807, 2.05) is 28.8 Å². The summed E-state index contributed by atoms with van der Waals surface area (Å²) in [6.45, 7) is 1.64. The number of aryl methyl sites for hydroxylation is 1. The quantitative estimate of drug-likeness (QED) is 0.504. The summed E-state index contributed by atoms with van der Waals surface area (Å²) in [4.78, 5) is 20.4. The van der Waals surface area contributed by atoms with E-state index in [2.05, 4.69) is 15.1 Å². The molecule has 0 unspecified atom stereocenters. The van der Waals surface area contributed by atoms with Crippen molar-refractivity contribution in [1.29, 1.82) is 0 Å². The van der Waals surface area contributed by atoms with Gasteiger partial charge in [0.15, 0.2) is 5.82 Å². The predicted molar refractivity (Wildman–Crippen MR) is 79.8 cm³/mol. The van der Waals surface area contributed by atoms with E-state index in [1.165, 1.54) is 10.7 Å². The number of hydrogen-bond acceptors (Lipinski definition) is 6. The van der Waals surface area contributed by atoms with Gasteiger partial charge in [0.25, 0.3) is 0 Å². The third kappa shape index (κ3) is 2.73. The van der Waals surface area contributed by atoms with Crippen LogP contribution in [0.15, 0.2) is 37.1 Å². The second kappa shape index (κ2) is 5.80. The van der Waals surface area contributed by atoms with Crippen molar-refractivity contribution in [1.82, 2.24) is 24.1 Å². The van der Waals surface area contributed by atoms with E-state index in [4.69, 9.17) is 0 Å². The van der Waals surface area contributed by atoms with Gasteiger partial charge in [0, 0.05) is 38.6 Å². The van der Waals surface area contributed by atoms with Crippen molar-refractivity contribution in [2.45, 2.75) is 13.0 Å². The number of imidazole rings is 2. The predicted octanol–water partition coefficient (Wildman–Crippen LogP) is 1.36. The highest BCUT2D eigenvalue weighted by Crippen LogP contribution is 2.16. The maximum Gasteiger partial charge on any atom is 0.368 e. The molecule has 3 heterocycles. The van der Waals surface area contributed by atoms with Crippen molar-refractivity contribution < 1.29 is 4.92 Å². The first-order valence-corrected chi connectivity index (χ1v) is 6.81. The summed E-state index contributed by atoms with van der Waals surface area (Å²) in [6.07, 6.45) is 7.57. The Morgan fingerprint density at radius 3 is 3.00 bits per heavy atom. The highest BCUT2D eigenvalue weighted by molar-refractivity contribution is 5.48. The zero-order chi connectivity index (χ0) is 15.5. The van der Waals surface area contributed by atoms with Gasteiger partial charge in [0.05, 0.1) is 6.33 Å². The molecule has 0 saturated heterocycles. The number of rotatable bonds is 6. The minimum Gasteiger partial charge on any atom is -0.358 e. The van der Waals surface area contributed by atoms with Crippen molar-refractivity contribution >= 4 is 17.3 Å². The molecule has 9 heteroatoms. The van der Waals surface area contributed by atoms with Crippen molar-refractivity contribution in [2.24, 2.45) is 0 Å². The molecule has 0 atom stereocenters. The molecule has 0 N–H and O–H groups in total. The third-order valence-corrected chi connectivity index (χ3v) is 3.38. The molecule has 3 aromatic heterocycles. The van der Waals surface area contributed by atoms with E-state index in [1.54, 1.807) is 18.6 Å². The van der Waals surface area contributed by atoms with Crippen LogP contribution in [0.2, 0.25) is 0 Å². The van der Waals surface area contributed by atoms with E-state index in [9.17, 15) is 10.1 Å². The molecule has 0 aromatic carbocycles. The summed E-state index contributed by atoms with van der Waals surface area (Å²) in [7, 11) is 1.91. The van der Waals surface area contributed by atoms with Crippen LogP contribution in [0.3, 0.4) is 0 Å². The van der Waals surface area contributed by atoms with Crippen molar-refractivity contribution in [3.8, 4) is 0 Å². The molecule has 0 aliphatic rings. The Bertz CT molecular complexity index is 781. The fourth-order valence-corrected chi connectivity index (χ4v) is 2.20. The lowest BCUT2D eigenvalue weighted by molar-refractivity contribution is -0.391. The number of hydrogen-bond donors (Lipinski definition) is 0. The lowest BCUT2D eigenvalue weighted by Crippen LogP contribution is -2.21. The molecule has 3 aromatic rings. The Hall–Kier alpha value is -2.97. The number of fused-ring (bicyclic) bond motifs is 1. The average molecular weight is 301 g/mol. The van der Waals surface area contributed by atoms with Gasteiger partial charge in [-0.05, 0) is 17.4 Å². The van der Waals surface area contributed by atoms with Gasteiger partial charge in [-0.15, -0.1) is 0 Å². The molecule has 3 rings (SSSR count). The highest BCUT2D eigenvalue weighted by Gasteiger charge is 2.17. The molecule has 0 bridgehead atoms. The second-order valence-electron chi connectivity index (χ2n) is 4.91. The number of nitrogens with zero attached hydrogens (tertiary/aromatic N) is 7. The summed E-state index contributed by atoms with van der Waals surface area (Å²) in [5.74, 6) is 0.530. The summed E-state index contributed by atoms with van der Waals surface area (Å²) < 4.78 is 3.26.